The van der Waals surface area contributed by atoms with Gasteiger partial charge in [0.15, 0.2) is 0 Å². The molecule has 1 heterocycles. The van der Waals surface area contributed by atoms with Crippen LogP contribution in [-0.4, -0.2) is 23.2 Å². The van der Waals surface area contributed by atoms with Crippen molar-refractivity contribution in [2.45, 2.75) is 45.5 Å². The predicted molar refractivity (Wildman–Crippen MR) is 107 cm³/mol. The molecule has 0 N–H and O–H groups in total. The van der Waals surface area contributed by atoms with Crippen LogP contribution in [0.2, 0.25) is 0 Å². The monoisotopic (exact) mass is 433 g/mol. The van der Waals surface area contributed by atoms with Crippen LogP contribution < -0.4 is 10.2 Å². The van der Waals surface area contributed by atoms with Crippen LogP contribution in [0.5, 0.6) is 5.75 Å². The third-order valence-corrected chi connectivity index (χ3v) is 5.44. The number of non-ortho nitro benzene ring substituents is 1. The molecule has 1 aliphatic rings. The molecule has 6 nitrogen and oxygen atoms in total. The van der Waals surface area contributed by atoms with E-state index in [0.29, 0.717) is 16.8 Å². The molecule has 142 valence electrons. The first-order valence-electron chi connectivity index (χ1n) is 8.60. The van der Waals surface area contributed by atoms with E-state index < -0.39 is 12.0 Å². The summed E-state index contributed by atoms with van der Waals surface area (Å²) in [5, 5.41) is 10.9. The van der Waals surface area contributed by atoms with E-state index in [1.807, 2.05) is 52.0 Å². The molecule has 0 amide bonds. The van der Waals surface area contributed by atoms with Crippen LogP contribution in [0.25, 0.3) is 0 Å². The van der Waals surface area contributed by atoms with Gasteiger partial charge in [-0.15, -0.1) is 0 Å². The molecule has 1 saturated heterocycles. The number of ether oxygens (including phenoxy) is 1. The predicted octanol–water partition coefficient (Wildman–Crippen LogP) is 4.24. The van der Waals surface area contributed by atoms with E-state index in [1.54, 1.807) is 6.07 Å². The van der Waals surface area contributed by atoms with Gasteiger partial charge in [0, 0.05) is 10.5 Å². The van der Waals surface area contributed by atoms with Crippen LogP contribution in [0.4, 0.5) is 5.69 Å². The second-order valence-corrected chi connectivity index (χ2v) is 8.44. The topological polar surface area (TPSA) is 70.8 Å². The number of benzene rings is 2. The van der Waals surface area contributed by atoms with Gasteiger partial charge in [-0.2, -0.15) is 0 Å². The minimum atomic E-state index is -0.447. The van der Waals surface area contributed by atoms with Crippen LogP contribution in [0, 0.1) is 10.1 Å². The first kappa shape index (κ1) is 19.9. The Bertz CT molecular complexity index is 838. The van der Waals surface area contributed by atoms with Gasteiger partial charge in [0.05, 0.1) is 22.2 Å². The molecule has 1 fully saturated rings. The smallest absolute Gasteiger partial charge is 0.489 e. The SMILES string of the molecule is CC1(C)OB(c2ccc(COc3cc(Br)cc([N+](=O)[O-])c3)cc2)OC1(C)C. The highest BCUT2D eigenvalue weighted by atomic mass is 79.9. The highest BCUT2D eigenvalue weighted by Crippen LogP contribution is 2.36. The molecule has 0 aromatic heterocycles. The van der Waals surface area contributed by atoms with Gasteiger partial charge in [0.2, 0.25) is 0 Å². The molecule has 0 radical (unpaired) electrons. The molecular weight excluding hydrogens is 413 g/mol. The van der Waals surface area contributed by atoms with Crippen molar-refractivity contribution in [3.8, 4) is 5.75 Å². The lowest BCUT2D eigenvalue weighted by atomic mass is 9.79. The maximum atomic E-state index is 10.9. The van der Waals surface area contributed by atoms with Gasteiger partial charge in [-0.3, -0.25) is 10.1 Å². The summed E-state index contributed by atoms with van der Waals surface area (Å²) >= 11 is 3.26. The van der Waals surface area contributed by atoms with Gasteiger partial charge in [-0.25, -0.2) is 0 Å². The van der Waals surface area contributed by atoms with Crippen molar-refractivity contribution in [1.29, 1.82) is 0 Å². The molecule has 0 aliphatic carbocycles. The van der Waals surface area contributed by atoms with Crippen molar-refractivity contribution in [3.63, 3.8) is 0 Å². The molecule has 0 atom stereocenters. The van der Waals surface area contributed by atoms with Crippen molar-refractivity contribution in [1.82, 2.24) is 0 Å². The normalized spacial score (nSPS) is 17.7. The third-order valence-electron chi connectivity index (χ3n) is 4.98. The summed E-state index contributed by atoms with van der Waals surface area (Å²) in [4.78, 5) is 10.5. The Morgan fingerprint density at radius 3 is 2.22 bits per heavy atom. The van der Waals surface area contributed by atoms with Crippen LogP contribution >= 0.6 is 15.9 Å². The van der Waals surface area contributed by atoms with Gasteiger partial charge in [0.1, 0.15) is 12.4 Å². The molecule has 0 unspecified atom stereocenters. The zero-order valence-electron chi connectivity index (χ0n) is 15.7. The zero-order valence-corrected chi connectivity index (χ0v) is 17.3. The Kier molecular flexibility index (Phi) is 5.34. The fourth-order valence-corrected chi connectivity index (χ4v) is 3.11. The number of nitrogens with zero attached hydrogens (tertiary/aromatic N) is 1. The van der Waals surface area contributed by atoms with Crippen LogP contribution in [-0.2, 0) is 15.9 Å². The summed E-state index contributed by atoms with van der Waals surface area (Å²) in [6.07, 6.45) is 0. The van der Waals surface area contributed by atoms with E-state index >= 15 is 0 Å². The average Bonchev–Trinajstić information content (AvgIpc) is 2.81. The largest absolute Gasteiger partial charge is 0.494 e. The summed E-state index contributed by atoms with van der Waals surface area (Å²) in [7, 11) is -0.405. The third kappa shape index (κ3) is 4.34. The first-order valence-corrected chi connectivity index (χ1v) is 9.39. The lowest BCUT2D eigenvalue weighted by molar-refractivity contribution is -0.385. The minimum Gasteiger partial charge on any atom is -0.489 e. The Labute approximate surface area is 167 Å². The molecule has 2 aromatic carbocycles. The Hall–Kier alpha value is -1.90. The van der Waals surface area contributed by atoms with E-state index in [2.05, 4.69) is 15.9 Å². The summed E-state index contributed by atoms with van der Waals surface area (Å²) < 4.78 is 18.4. The lowest BCUT2D eigenvalue weighted by Gasteiger charge is -2.32. The lowest BCUT2D eigenvalue weighted by Crippen LogP contribution is -2.41. The van der Waals surface area contributed by atoms with E-state index in [1.165, 1.54) is 12.1 Å². The molecule has 8 heteroatoms. The number of nitro groups is 1. The summed E-state index contributed by atoms with van der Waals surface area (Å²) in [5.74, 6) is 0.436. The fraction of sp³-hybridized carbons (Fsp3) is 0.368. The number of halogens is 1. The minimum absolute atomic E-state index is 0.0181. The van der Waals surface area contributed by atoms with Crippen molar-refractivity contribution >= 4 is 34.2 Å². The second kappa shape index (κ2) is 7.26. The Balaban J connectivity index is 1.66. The second-order valence-electron chi connectivity index (χ2n) is 7.52. The molecule has 2 aromatic rings. The van der Waals surface area contributed by atoms with Gasteiger partial charge in [-0.05, 0) is 44.8 Å². The van der Waals surface area contributed by atoms with Crippen LogP contribution in [0.3, 0.4) is 0 Å². The van der Waals surface area contributed by atoms with E-state index in [4.69, 9.17) is 14.0 Å². The van der Waals surface area contributed by atoms with Gasteiger partial charge >= 0.3 is 7.12 Å². The molecule has 1 aliphatic heterocycles. The molecule has 27 heavy (non-hydrogen) atoms. The number of nitro benzene ring substituents is 1. The molecule has 3 rings (SSSR count). The standard InChI is InChI=1S/C19H21BBrNO5/c1-18(2)19(3,4)27-20(26-18)14-7-5-13(6-8-14)12-25-17-10-15(21)9-16(11-17)22(23)24/h5-11H,12H2,1-4H3. The van der Waals surface area contributed by atoms with Gasteiger partial charge < -0.3 is 14.0 Å². The number of hydrogen-bond donors (Lipinski definition) is 0. The van der Waals surface area contributed by atoms with E-state index in [-0.39, 0.29) is 16.9 Å². The number of rotatable bonds is 5. The quantitative estimate of drug-likeness (QED) is 0.400. The van der Waals surface area contributed by atoms with E-state index in [0.717, 1.165) is 11.0 Å². The Morgan fingerprint density at radius 1 is 1.07 bits per heavy atom. The maximum absolute atomic E-state index is 10.9. The van der Waals surface area contributed by atoms with Crippen LogP contribution in [0.1, 0.15) is 33.3 Å². The molecular formula is C19H21BBrNO5. The highest BCUT2D eigenvalue weighted by Gasteiger charge is 2.51. The van der Waals surface area contributed by atoms with Crippen LogP contribution in [0.15, 0.2) is 46.9 Å². The van der Waals surface area contributed by atoms with Gasteiger partial charge in [-0.1, -0.05) is 40.2 Å². The Morgan fingerprint density at radius 2 is 1.67 bits per heavy atom. The highest BCUT2D eigenvalue weighted by molar-refractivity contribution is 9.10. The molecule has 0 saturated carbocycles. The van der Waals surface area contributed by atoms with Crippen molar-refractivity contribution in [2.75, 3.05) is 0 Å². The molecule has 0 bridgehead atoms. The first-order chi connectivity index (χ1) is 12.6. The van der Waals surface area contributed by atoms with E-state index in [9.17, 15) is 10.1 Å². The van der Waals surface area contributed by atoms with Gasteiger partial charge in [0.25, 0.3) is 5.69 Å². The average molecular weight is 434 g/mol. The summed E-state index contributed by atoms with van der Waals surface area (Å²) in [6.45, 7) is 8.38. The summed E-state index contributed by atoms with van der Waals surface area (Å²) in [5.41, 5.74) is 1.10. The zero-order chi connectivity index (χ0) is 19.8. The summed E-state index contributed by atoms with van der Waals surface area (Å²) in [6, 6.07) is 12.3. The molecule has 0 spiro atoms. The fourth-order valence-electron chi connectivity index (χ4n) is 2.65. The van der Waals surface area contributed by atoms with Crippen molar-refractivity contribution in [2.24, 2.45) is 0 Å². The maximum Gasteiger partial charge on any atom is 0.494 e. The number of hydrogen-bond acceptors (Lipinski definition) is 5. The van der Waals surface area contributed by atoms with Crippen molar-refractivity contribution in [3.05, 3.63) is 62.6 Å². The van der Waals surface area contributed by atoms with Crippen molar-refractivity contribution < 1.29 is 19.0 Å².